The van der Waals surface area contributed by atoms with Crippen molar-refractivity contribution < 1.29 is 9.53 Å². The molecular weight excluding hydrogens is 374 g/mol. The van der Waals surface area contributed by atoms with Gasteiger partial charge in [0.1, 0.15) is 5.75 Å². The van der Waals surface area contributed by atoms with Gasteiger partial charge in [-0.05, 0) is 56.2 Å². The van der Waals surface area contributed by atoms with Gasteiger partial charge in [-0.25, -0.2) is 0 Å². The van der Waals surface area contributed by atoms with Gasteiger partial charge in [-0.3, -0.25) is 9.78 Å². The smallest absolute Gasteiger partial charge is 0.257 e. The fourth-order valence-electron chi connectivity index (χ4n) is 2.90. The molecule has 2 aromatic carbocycles. The molecule has 0 aliphatic rings. The molecule has 0 aliphatic heterocycles. The molecule has 28 heavy (non-hydrogen) atoms. The molecule has 1 amide bonds. The lowest BCUT2D eigenvalue weighted by molar-refractivity contribution is 0.102. The highest BCUT2D eigenvalue weighted by Crippen LogP contribution is 2.30. The van der Waals surface area contributed by atoms with E-state index < -0.39 is 0 Å². The Morgan fingerprint density at radius 1 is 1.14 bits per heavy atom. The molecule has 0 radical (unpaired) electrons. The summed E-state index contributed by atoms with van der Waals surface area (Å²) in [6.45, 7) is 6.39. The van der Waals surface area contributed by atoms with Crippen LogP contribution in [0.4, 0.5) is 17.1 Å². The number of halogens is 1. The molecule has 0 saturated carbocycles. The van der Waals surface area contributed by atoms with Gasteiger partial charge in [0.05, 0.1) is 40.5 Å². The highest BCUT2D eigenvalue weighted by atomic mass is 35.5. The number of carbonyl (C=O) groups excluding carboxylic acids is 1. The van der Waals surface area contributed by atoms with E-state index in [-0.39, 0.29) is 5.91 Å². The molecule has 144 valence electrons. The summed E-state index contributed by atoms with van der Waals surface area (Å²) in [5.41, 5.74) is 4.63. The van der Waals surface area contributed by atoms with Gasteiger partial charge in [0.2, 0.25) is 0 Å². The Morgan fingerprint density at radius 3 is 2.68 bits per heavy atom. The van der Waals surface area contributed by atoms with E-state index in [1.165, 1.54) is 6.20 Å². The average molecular weight is 396 g/mol. The number of benzene rings is 2. The number of nitrogens with one attached hydrogen (secondary N) is 2. The van der Waals surface area contributed by atoms with Crippen molar-refractivity contribution in [3.8, 4) is 5.75 Å². The number of aromatic nitrogens is 1. The van der Waals surface area contributed by atoms with Crippen molar-refractivity contribution in [2.75, 3.05) is 17.2 Å². The number of pyridine rings is 1. The minimum atomic E-state index is -0.268. The lowest BCUT2D eigenvalue weighted by atomic mass is 10.1. The summed E-state index contributed by atoms with van der Waals surface area (Å²) in [5.74, 6) is 0.359. The van der Waals surface area contributed by atoms with Crippen molar-refractivity contribution in [2.45, 2.75) is 20.8 Å². The minimum absolute atomic E-state index is 0.268. The molecule has 0 aliphatic carbocycles. The van der Waals surface area contributed by atoms with Crippen LogP contribution in [0.1, 0.15) is 28.4 Å². The molecule has 0 unspecified atom stereocenters. The zero-order valence-electron chi connectivity index (χ0n) is 16.0. The molecule has 0 fully saturated rings. The highest BCUT2D eigenvalue weighted by Gasteiger charge is 2.12. The van der Waals surface area contributed by atoms with Crippen LogP contribution in [0.5, 0.6) is 5.75 Å². The Labute approximate surface area is 169 Å². The van der Waals surface area contributed by atoms with Crippen molar-refractivity contribution >= 4 is 34.6 Å². The number of anilines is 3. The second kappa shape index (κ2) is 8.76. The molecule has 0 bridgehead atoms. The molecule has 3 rings (SSSR count). The first kappa shape index (κ1) is 19.7. The van der Waals surface area contributed by atoms with Crippen LogP contribution in [0.25, 0.3) is 0 Å². The minimum Gasteiger partial charge on any atom is -0.492 e. The number of hydrogen-bond donors (Lipinski definition) is 2. The number of amides is 1. The summed E-state index contributed by atoms with van der Waals surface area (Å²) in [6.07, 6.45) is 3.17. The molecule has 0 atom stereocenters. The lowest BCUT2D eigenvalue weighted by Crippen LogP contribution is -2.13. The molecule has 6 heteroatoms. The Bertz CT molecular complexity index is 982. The predicted octanol–water partition coefficient (Wildman–Crippen LogP) is 5.75. The van der Waals surface area contributed by atoms with Gasteiger partial charge in [-0.2, -0.15) is 0 Å². The quantitative estimate of drug-likeness (QED) is 0.558. The second-order valence-electron chi connectivity index (χ2n) is 6.41. The summed E-state index contributed by atoms with van der Waals surface area (Å²) in [6, 6.07) is 13.0. The van der Waals surface area contributed by atoms with Crippen molar-refractivity contribution in [1.29, 1.82) is 0 Å². The fraction of sp³-hybridized carbons (Fsp3) is 0.182. The first-order valence-electron chi connectivity index (χ1n) is 9.00. The van der Waals surface area contributed by atoms with Crippen molar-refractivity contribution in [2.24, 2.45) is 0 Å². The lowest BCUT2D eigenvalue weighted by Gasteiger charge is -2.14. The standard InChI is InChI=1S/C22H22ClN3O2/c1-4-28-20-8-6-5-7-19(20)26-22(27)16-11-17(13-24-12-16)25-21-15(3)9-14(2)10-18(21)23/h5-13,25H,4H2,1-3H3,(H,26,27). The number of carbonyl (C=O) groups is 1. The molecule has 1 heterocycles. The average Bonchev–Trinajstić information content (AvgIpc) is 2.66. The van der Waals surface area contributed by atoms with Gasteiger partial charge in [-0.1, -0.05) is 29.8 Å². The third-order valence-corrected chi connectivity index (χ3v) is 4.43. The van der Waals surface area contributed by atoms with E-state index in [1.807, 2.05) is 51.1 Å². The Hall–Kier alpha value is -3.05. The van der Waals surface area contributed by atoms with Gasteiger partial charge in [0, 0.05) is 6.20 Å². The first-order chi connectivity index (χ1) is 13.5. The van der Waals surface area contributed by atoms with Crippen LogP contribution in [0, 0.1) is 13.8 Å². The van der Waals surface area contributed by atoms with Crippen LogP contribution < -0.4 is 15.4 Å². The Balaban J connectivity index is 1.81. The summed E-state index contributed by atoms with van der Waals surface area (Å²) in [4.78, 5) is 16.9. The maximum absolute atomic E-state index is 12.7. The van der Waals surface area contributed by atoms with Crippen LogP contribution in [0.2, 0.25) is 5.02 Å². The van der Waals surface area contributed by atoms with Gasteiger partial charge in [-0.15, -0.1) is 0 Å². The number of rotatable bonds is 6. The van der Waals surface area contributed by atoms with Gasteiger partial charge in [0.15, 0.2) is 0 Å². The number of nitrogens with zero attached hydrogens (tertiary/aromatic N) is 1. The predicted molar refractivity (Wildman–Crippen MR) is 114 cm³/mol. The maximum atomic E-state index is 12.7. The monoisotopic (exact) mass is 395 g/mol. The van der Waals surface area contributed by atoms with Crippen molar-refractivity contribution in [3.63, 3.8) is 0 Å². The Morgan fingerprint density at radius 2 is 1.93 bits per heavy atom. The van der Waals surface area contributed by atoms with E-state index >= 15 is 0 Å². The number of hydrogen-bond acceptors (Lipinski definition) is 4. The third kappa shape index (κ3) is 4.61. The number of ether oxygens (including phenoxy) is 1. The molecule has 2 N–H and O–H groups in total. The molecule has 0 spiro atoms. The van der Waals surface area contributed by atoms with Crippen molar-refractivity contribution in [3.05, 3.63) is 76.6 Å². The summed E-state index contributed by atoms with van der Waals surface area (Å²) in [5, 5.41) is 6.76. The van der Waals surface area contributed by atoms with Gasteiger partial charge >= 0.3 is 0 Å². The molecule has 0 saturated heterocycles. The highest BCUT2D eigenvalue weighted by molar-refractivity contribution is 6.33. The number of aryl methyl sites for hydroxylation is 2. The van der Waals surface area contributed by atoms with Crippen molar-refractivity contribution in [1.82, 2.24) is 4.98 Å². The fourth-order valence-corrected chi connectivity index (χ4v) is 3.27. The zero-order chi connectivity index (χ0) is 20.1. The van der Waals surface area contributed by atoms with E-state index in [0.717, 1.165) is 16.8 Å². The summed E-state index contributed by atoms with van der Waals surface area (Å²) >= 11 is 6.37. The first-order valence-corrected chi connectivity index (χ1v) is 9.37. The van der Waals surface area contributed by atoms with E-state index in [4.69, 9.17) is 16.3 Å². The van der Waals surface area contributed by atoms with E-state index in [9.17, 15) is 4.79 Å². The van der Waals surface area contributed by atoms with E-state index in [2.05, 4.69) is 15.6 Å². The van der Waals surface area contributed by atoms with Gasteiger partial charge < -0.3 is 15.4 Å². The zero-order valence-corrected chi connectivity index (χ0v) is 16.8. The van der Waals surface area contributed by atoms with E-state index in [1.54, 1.807) is 18.3 Å². The second-order valence-corrected chi connectivity index (χ2v) is 6.82. The van der Waals surface area contributed by atoms with Gasteiger partial charge in [0.25, 0.3) is 5.91 Å². The van der Waals surface area contributed by atoms with Crippen LogP contribution >= 0.6 is 11.6 Å². The molecule has 5 nitrogen and oxygen atoms in total. The normalized spacial score (nSPS) is 10.4. The van der Waals surface area contributed by atoms with Crippen LogP contribution in [0.3, 0.4) is 0 Å². The molecule has 1 aromatic heterocycles. The van der Waals surface area contributed by atoms with E-state index in [0.29, 0.717) is 34.3 Å². The third-order valence-electron chi connectivity index (χ3n) is 4.14. The SMILES string of the molecule is CCOc1ccccc1NC(=O)c1cncc(Nc2c(C)cc(C)cc2Cl)c1. The maximum Gasteiger partial charge on any atom is 0.257 e. The summed E-state index contributed by atoms with van der Waals surface area (Å²) in [7, 11) is 0. The summed E-state index contributed by atoms with van der Waals surface area (Å²) < 4.78 is 5.56. The number of para-hydroxylation sites is 2. The van der Waals surface area contributed by atoms with Crippen LogP contribution in [-0.4, -0.2) is 17.5 Å². The topological polar surface area (TPSA) is 63.2 Å². The molecule has 3 aromatic rings. The molecular formula is C22H22ClN3O2. The van der Waals surface area contributed by atoms with Crippen LogP contribution in [-0.2, 0) is 0 Å². The Kier molecular flexibility index (Phi) is 6.16. The van der Waals surface area contributed by atoms with Crippen LogP contribution in [0.15, 0.2) is 54.9 Å². The largest absolute Gasteiger partial charge is 0.492 e.